The maximum atomic E-state index is 13.0. The molecule has 0 unspecified atom stereocenters. The number of ether oxygens (including phenoxy) is 1. The molecule has 144 valence electrons. The number of urea groups is 1. The summed E-state index contributed by atoms with van der Waals surface area (Å²) in [6.45, 7) is 0.668. The predicted molar refractivity (Wildman–Crippen MR) is 104 cm³/mol. The molecule has 0 saturated carbocycles. The van der Waals surface area contributed by atoms with Gasteiger partial charge in [-0.2, -0.15) is 5.10 Å². The van der Waals surface area contributed by atoms with Crippen molar-refractivity contribution in [2.75, 3.05) is 25.2 Å². The first-order valence-corrected chi connectivity index (χ1v) is 8.96. The maximum absolute atomic E-state index is 13.0. The van der Waals surface area contributed by atoms with Crippen LogP contribution in [0, 0.1) is 0 Å². The Bertz CT molecular complexity index is 943. The number of carbonyl (C=O) groups is 1. The number of carbonyl (C=O) groups excluding carboxylic acids is 1. The summed E-state index contributed by atoms with van der Waals surface area (Å²) in [5.74, 6) is 1.29. The van der Waals surface area contributed by atoms with Crippen molar-refractivity contribution >= 4 is 11.8 Å². The third-order valence-electron chi connectivity index (χ3n) is 4.86. The fourth-order valence-electron chi connectivity index (χ4n) is 3.34. The molecule has 28 heavy (non-hydrogen) atoms. The van der Waals surface area contributed by atoms with E-state index in [-0.39, 0.29) is 18.7 Å². The Morgan fingerprint density at radius 3 is 2.82 bits per heavy atom. The molecule has 2 aromatic heterocycles. The number of methoxy groups -OCH3 is 1. The third kappa shape index (κ3) is 3.41. The number of anilines is 1. The van der Waals surface area contributed by atoms with Crippen LogP contribution in [0.4, 0.5) is 10.6 Å². The summed E-state index contributed by atoms with van der Waals surface area (Å²) in [7, 11) is 1.61. The molecule has 0 bridgehead atoms. The largest absolute Gasteiger partial charge is 0.497 e. The van der Waals surface area contributed by atoms with Crippen LogP contribution in [-0.4, -0.2) is 57.5 Å². The lowest BCUT2D eigenvalue weighted by molar-refractivity contribution is 0.161. The first-order valence-electron chi connectivity index (χ1n) is 8.96. The van der Waals surface area contributed by atoms with Gasteiger partial charge in [0.05, 0.1) is 32.5 Å². The number of aliphatic hydroxyl groups excluding tert-OH is 1. The van der Waals surface area contributed by atoms with E-state index in [0.717, 1.165) is 22.4 Å². The molecule has 1 atom stereocenters. The summed E-state index contributed by atoms with van der Waals surface area (Å²) in [5.41, 5.74) is 2.78. The highest BCUT2D eigenvalue weighted by Crippen LogP contribution is 2.26. The van der Waals surface area contributed by atoms with Gasteiger partial charge in [-0.05, 0) is 29.8 Å². The number of nitrogens with one attached hydrogen (secondary N) is 1. The Labute approximate surface area is 162 Å². The number of hydrogen-bond acceptors (Lipinski definition) is 5. The zero-order chi connectivity index (χ0) is 19.5. The lowest BCUT2D eigenvalue weighted by Crippen LogP contribution is -2.36. The van der Waals surface area contributed by atoms with E-state index in [1.165, 1.54) is 0 Å². The molecule has 0 spiro atoms. The molecule has 4 rings (SSSR count). The summed E-state index contributed by atoms with van der Waals surface area (Å²) in [6.07, 6.45) is 5.22. The zero-order valence-electron chi connectivity index (χ0n) is 15.4. The van der Waals surface area contributed by atoms with E-state index in [0.29, 0.717) is 18.9 Å². The highest BCUT2D eigenvalue weighted by molar-refractivity contribution is 5.93. The van der Waals surface area contributed by atoms with Gasteiger partial charge >= 0.3 is 6.03 Å². The van der Waals surface area contributed by atoms with E-state index in [1.807, 2.05) is 36.4 Å². The molecule has 8 nitrogen and oxygen atoms in total. The van der Waals surface area contributed by atoms with Gasteiger partial charge in [-0.25, -0.2) is 9.78 Å². The number of H-pyrrole nitrogens is 1. The van der Waals surface area contributed by atoms with E-state index >= 15 is 0 Å². The number of aromatic nitrogens is 3. The van der Waals surface area contributed by atoms with Gasteiger partial charge in [0.2, 0.25) is 0 Å². The first kappa shape index (κ1) is 18.0. The van der Waals surface area contributed by atoms with Crippen LogP contribution in [0.15, 0.2) is 55.0 Å². The number of nitrogens with zero attached hydrogens (tertiary/aromatic N) is 4. The molecule has 1 aromatic carbocycles. The van der Waals surface area contributed by atoms with Crippen LogP contribution < -0.4 is 9.64 Å². The van der Waals surface area contributed by atoms with Crippen molar-refractivity contribution in [3.63, 3.8) is 0 Å². The smallest absolute Gasteiger partial charge is 0.326 e. The van der Waals surface area contributed by atoms with Crippen LogP contribution in [0.25, 0.3) is 11.1 Å². The van der Waals surface area contributed by atoms with E-state index in [9.17, 15) is 9.90 Å². The Hall–Kier alpha value is -3.39. The number of aromatic amines is 1. The van der Waals surface area contributed by atoms with Crippen LogP contribution in [0.1, 0.15) is 5.56 Å². The Morgan fingerprint density at radius 1 is 1.25 bits per heavy atom. The van der Waals surface area contributed by atoms with Gasteiger partial charge in [0.25, 0.3) is 0 Å². The second-order valence-corrected chi connectivity index (χ2v) is 6.60. The molecular formula is C20H21N5O3. The Morgan fingerprint density at radius 2 is 2.14 bits per heavy atom. The first-order chi connectivity index (χ1) is 13.7. The van der Waals surface area contributed by atoms with E-state index in [4.69, 9.17) is 4.74 Å². The average Bonchev–Trinajstić information content (AvgIpc) is 3.38. The molecule has 1 fully saturated rings. The van der Waals surface area contributed by atoms with Crippen LogP contribution in [0.2, 0.25) is 0 Å². The highest BCUT2D eigenvalue weighted by Gasteiger charge is 2.38. The molecule has 0 radical (unpaired) electrons. The van der Waals surface area contributed by atoms with Gasteiger partial charge in [0.1, 0.15) is 11.6 Å². The van der Waals surface area contributed by atoms with Gasteiger partial charge in [-0.3, -0.25) is 10.00 Å². The second kappa shape index (κ2) is 7.69. The molecule has 1 saturated heterocycles. The zero-order valence-corrected chi connectivity index (χ0v) is 15.4. The van der Waals surface area contributed by atoms with Crippen LogP contribution in [0.3, 0.4) is 0 Å². The van der Waals surface area contributed by atoms with Crippen molar-refractivity contribution < 1.29 is 14.6 Å². The minimum Gasteiger partial charge on any atom is -0.497 e. The van der Waals surface area contributed by atoms with Gasteiger partial charge in [-0.1, -0.05) is 12.1 Å². The molecule has 2 N–H and O–H groups in total. The van der Waals surface area contributed by atoms with Crippen molar-refractivity contribution in [2.45, 2.75) is 12.6 Å². The number of hydrogen-bond donors (Lipinski definition) is 2. The minimum atomic E-state index is -0.297. The molecule has 8 heteroatoms. The fourth-order valence-corrected chi connectivity index (χ4v) is 3.34. The average molecular weight is 379 g/mol. The summed E-state index contributed by atoms with van der Waals surface area (Å²) in [5, 5.41) is 16.5. The maximum Gasteiger partial charge on any atom is 0.326 e. The van der Waals surface area contributed by atoms with Crippen LogP contribution in [0.5, 0.6) is 5.75 Å². The molecule has 1 aliphatic heterocycles. The van der Waals surface area contributed by atoms with E-state index < -0.39 is 0 Å². The topological polar surface area (TPSA) is 94.6 Å². The fraction of sp³-hybridized carbons (Fsp3) is 0.250. The Balaban J connectivity index is 1.54. The molecule has 0 aliphatic carbocycles. The van der Waals surface area contributed by atoms with Crippen LogP contribution >= 0.6 is 0 Å². The molecule has 2 amide bonds. The van der Waals surface area contributed by atoms with E-state index in [2.05, 4.69) is 15.2 Å². The quantitative estimate of drug-likeness (QED) is 0.685. The molecule has 1 aliphatic rings. The second-order valence-electron chi connectivity index (χ2n) is 6.60. The SMILES string of the molecule is COc1cccc(CN2C(=O)N(c3ccc(-c4cn[nH]c4)cn3)C[C@@H]2CO)c1. The third-order valence-corrected chi connectivity index (χ3v) is 4.86. The molecular weight excluding hydrogens is 358 g/mol. The Kier molecular flexibility index (Phi) is 4.94. The summed E-state index contributed by atoms with van der Waals surface area (Å²) in [4.78, 5) is 20.7. The van der Waals surface area contributed by atoms with Crippen LogP contribution in [-0.2, 0) is 6.54 Å². The van der Waals surface area contributed by atoms with Crippen molar-refractivity contribution in [3.8, 4) is 16.9 Å². The monoisotopic (exact) mass is 379 g/mol. The minimum absolute atomic E-state index is 0.112. The van der Waals surface area contributed by atoms with Gasteiger partial charge < -0.3 is 14.7 Å². The number of aliphatic hydroxyl groups is 1. The lowest BCUT2D eigenvalue weighted by Gasteiger charge is -2.22. The highest BCUT2D eigenvalue weighted by atomic mass is 16.5. The van der Waals surface area contributed by atoms with E-state index in [1.54, 1.807) is 35.5 Å². The predicted octanol–water partition coefficient (Wildman–Crippen LogP) is 2.28. The van der Waals surface area contributed by atoms with Gasteiger partial charge in [0, 0.05) is 30.1 Å². The molecule has 3 aromatic rings. The number of rotatable bonds is 6. The summed E-state index contributed by atoms with van der Waals surface area (Å²) < 4.78 is 5.25. The summed E-state index contributed by atoms with van der Waals surface area (Å²) in [6, 6.07) is 10.8. The lowest BCUT2D eigenvalue weighted by atomic mass is 10.2. The van der Waals surface area contributed by atoms with Crippen molar-refractivity contribution in [1.82, 2.24) is 20.1 Å². The normalized spacial score (nSPS) is 16.6. The van der Waals surface area contributed by atoms with Crippen molar-refractivity contribution in [2.24, 2.45) is 0 Å². The number of amides is 2. The summed E-state index contributed by atoms with van der Waals surface area (Å²) >= 11 is 0. The number of pyridine rings is 1. The molecule has 3 heterocycles. The standard InChI is InChI=1S/C20H21N5O3/c1-28-18-4-2-3-14(7-18)11-24-17(13-26)12-25(20(24)27)19-6-5-15(8-21-19)16-9-22-23-10-16/h2-10,17,26H,11-13H2,1H3,(H,22,23)/t17-/m1/s1. The van der Waals surface area contributed by atoms with Crippen molar-refractivity contribution in [1.29, 1.82) is 0 Å². The van der Waals surface area contributed by atoms with Crippen molar-refractivity contribution in [3.05, 3.63) is 60.6 Å². The van der Waals surface area contributed by atoms with Gasteiger partial charge in [-0.15, -0.1) is 0 Å². The van der Waals surface area contributed by atoms with Gasteiger partial charge in [0.15, 0.2) is 0 Å². The number of benzene rings is 1.